The first kappa shape index (κ1) is 6.51. The molecule has 4 aliphatic carbocycles. The molecule has 0 nitrogen and oxygen atoms in total. The fourth-order valence-corrected chi connectivity index (χ4v) is 4.69. The molecule has 0 aliphatic heterocycles. The van der Waals surface area contributed by atoms with E-state index in [1.165, 1.54) is 6.42 Å². The van der Waals surface area contributed by atoms with Crippen molar-refractivity contribution in [2.24, 2.45) is 22.7 Å². The zero-order valence-electron chi connectivity index (χ0n) is 7.69. The van der Waals surface area contributed by atoms with Crippen molar-refractivity contribution in [2.45, 2.75) is 46.0 Å². The summed E-state index contributed by atoms with van der Waals surface area (Å²) < 4.78 is 0. The van der Waals surface area contributed by atoms with E-state index >= 15 is 0 Å². The van der Waals surface area contributed by atoms with Gasteiger partial charge in [0.25, 0.3) is 0 Å². The Labute approximate surface area is 69.4 Å². The Morgan fingerprint density at radius 3 is 2.64 bits per heavy atom. The van der Waals surface area contributed by atoms with E-state index in [0.717, 1.165) is 22.7 Å². The van der Waals surface area contributed by atoms with E-state index in [-0.39, 0.29) is 0 Å². The van der Waals surface area contributed by atoms with Gasteiger partial charge < -0.3 is 0 Å². The Bertz CT molecular complexity index is 198. The molecule has 2 bridgehead atoms. The van der Waals surface area contributed by atoms with Gasteiger partial charge in [0.1, 0.15) is 0 Å². The lowest BCUT2D eigenvalue weighted by atomic mass is 9.60. The molecule has 2 unspecified atom stereocenters. The molecule has 4 saturated carbocycles. The first-order chi connectivity index (χ1) is 5.14. The van der Waals surface area contributed by atoms with E-state index < -0.39 is 0 Å². The molecule has 4 rings (SSSR count). The molecule has 4 fully saturated rings. The van der Waals surface area contributed by atoms with Crippen molar-refractivity contribution < 1.29 is 0 Å². The maximum absolute atomic E-state index is 2.50. The first-order valence-corrected chi connectivity index (χ1v) is 5.14. The standard InChI is InChI=1S/C11H18/c1-8-3-4-11-6-10(2,7-11)5-9(8)11/h8-9H,3-7H2,1-2H3. The normalized spacial score (nSPS) is 66.0. The van der Waals surface area contributed by atoms with Crippen molar-refractivity contribution in [1.82, 2.24) is 0 Å². The van der Waals surface area contributed by atoms with Gasteiger partial charge in [-0.25, -0.2) is 0 Å². The van der Waals surface area contributed by atoms with Crippen LogP contribution < -0.4 is 0 Å². The lowest BCUT2D eigenvalue weighted by molar-refractivity contribution is 0.0522. The van der Waals surface area contributed by atoms with E-state index in [2.05, 4.69) is 13.8 Å². The van der Waals surface area contributed by atoms with Crippen molar-refractivity contribution in [3.05, 3.63) is 0 Å². The molecule has 11 heavy (non-hydrogen) atoms. The molecule has 0 aromatic heterocycles. The topological polar surface area (TPSA) is 0 Å². The third-order valence-corrected chi connectivity index (χ3v) is 4.84. The highest BCUT2D eigenvalue weighted by molar-refractivity contribution is 5.16. The Hall–Kier alpha value is 0. The summed E-state index contributed by atoms with van der Waals surface area (Å²) in [6, 6.07) is 0. The van der Waals surface area contributed by atoms with Crippen LogP contribution in [0.1, 0.15) is 46.0 Å². The van der Waals surface area contributed by atoms with Gasteiger partial charge in [-0.3, -0.25) is 0 Å². The SMILES string of the molecule is CC1CCC23CC(C)(CC12)C3. The van der Waals surface area contributed by atoms with Gasteiger partial charge in [-0.2, -0.15) is 0 Å². The van der Waals surface area contributed by atoms with Crippen LogP contribution in [0.4, 0.5) is 0 Å². The van der Waals surface area contributed by atoms with E-state index in [1.54, 1.807) is 25.7 Å². The molecule has 2 atom stereocenters. The minimum Gasteiger partial charge on any atom is -0.0622 e. The average molecular weight is 150 g/mol. The molecule has 4 aliphatic rings. The van der Waals surface area contributed by atoms with Crippen molar-refractivity contribution in [1.29, 1.82) is 0 Å². The van der Waals surface area contributed by atoms with Gasteiger partial charge in [0, 0.05) is 0 Å². The number of hydrogen-bond donors (Lipinski definition) is 0. The molecule has 0 aromatic rings. The lowest BCUT2D eigenvalue weighted by Gasteiger charge is -2.45. The molecule has 62 valence electrons. The van der Waals surface area contributed by atoms with Crippen molar-refractivity contribution >= 4 is 0 Å². The summed E-state index contributed by atoms with van der Waals surface area (Å²) in [4.78, 5) is 0. The number of rotatable bonds is 0. The Morgan fingerprint density at radius 2 is 2.00 bits per heavy atom. The highest BCUT2D eigenvalue weighted by atomic mass is 14.7. The maximum Gasteiger partial charge on any atom is -0.0256 e. The first-order valence-electron chi connectivity index (χ1n) is 5.14. The summed E-state index contributed by atoms with van der Waals surface area (Å²) in [5, 5.41) is 0. The summed E-state index contributed by atoms with van der Waals surface area (Å²) in [5.41, 5.74) is 1.69. The summed E-state index contributed by atoms with van der Waals surface area (Å²) in [6.07, 6.45) is 7.81. The van der Waals surface area contributed by atoms with Crippen LogP contribution in [0.25, 0.3) is 0 Å². The van der Waals surface area contributed by atoms with Crippen LogP contribution in [0.2, 0.25) is 0 Å². The third kappa shape index (κ3) is 0.588. The highest BCUT2D eigenvalue weighted by Gasteiger charge is 2.66. The molecule has 0 aromatic carbocycles. The molecular formula is C11H18. The zero-order chi connectivity index (χ0) is 7.69. The molecule has 0 heterocycles. The quantitative estimate of drug-likeness (QED) is 0.497. The average Bonchev–Trinajstić information content (AvgIpc) is 2.37. The van der Waals surface area contributed by atoms with Gasteiger partial charge in [-0.15, -0.1) is 0 Å². The fraction of sp³-hybridized carbons (Fsp3) is 1.00. The van der Waals surface area contributed by atoms with E-state index in [1.807, 2.05) is 0 Å². The Balaban J connectivity index is 1.96. The zero-order valence-corrected chi connectivity index (χ0v) is 7.69. The fourth-order valence-electron chi connectivity index (χ4n) is 4.69. The van der Waals surface area contributed by atoms with E-state index in [0.29, 0.717) is 0 Å². The minimum atomic E-state index is 0.805. The monoisotopic (exact) mass is 150 g/mol. The molecule has 0 N–H and O–H groups in total. The van der Waals surface area contributed by atoms with Crippen LogP contribution in [0.3, 0.4) is 0 Å². The highest BCUT2D eigenvalue weighted by Crippen LogP contribution is 2.76. The van der Waals surface area contributed by atoms with Crippen LogP contribution >= 0.6 is 0 Å². The molecule has 1 spiro atoms. The summed E-state index contributed by atoms with van der Waals surface area (Å²) in [6.45, 7) is 4.98. The summed E-state index contributed by atoms with van der Waals surface area (Å²) in [7, 11) is 0. The van der Waals surface area contributed by atoms with Crippen molar-refractivity contribution in [3.63, 3.8) is 0 Å². The van der Waals surface area contributed by atoms with E-state index in [9.17, 15) is 0 Å². The lowest BCUT2D eigenvalue weighted by Crippen LogP contribution is -2.35. The van der Waals surface area contributed by atoms with E-state index in [4.69, 9.17) is 0 Å². The van der Waals surface area contributed by atoms with Gasteiger partial charge >= 0.3 is 0 Å². The third-order valence-electron chi connectivity index (χ3n) is 4.84. The minimum absolute atomic E-state index is 0.805. The predicted molar refractivity (Wildman–Crippen MR) is 46.3 cm³/mol. The Kier molecular flexibility index (Phi) is 0.906. The Morgan fingerprint density at radius 1 is 1.27 bits per heavy atom. The molecule has 0 amide bonds. The van der Waals surface area contributed by atoms with Crippen LogP contribution in [0.15, 0.2) is 0 Å². The van der Waals surface area contributed by atoms with Gasteiger partial charge in [0.15, 0.2) is 0 Å². The van der Waals surface area contributed by atoms with Crippen LogP contribution in [0.5, 0.6) is 0 Å². The largest absolute Gasteiger partial charge is 0.0622 e. The number of hydrogen-bond acceptors (Lipinski definition) is 0. The second kappa shape index (κ2) is 1.53. The van der Waals surface area contributed by atoms with Gasteiger partial charge in [0.05, 0.1) is 0 Å². The smallest absolute Gasteiger partial charge is 0.0256 e. The molecular weight excluding hydrogens is 132 g/mol. The van der Waals surface area contributed by atoms with Crippen molar-refractivity contribution in [2.75, 3.05) is 0 Å². The summed E-state index contributed by atoms with van der Waals surface area (Å²) >= 11 is 0. The maximum atomic E-state index is 2.50. The van der Waals surface area contributed by atoms with Crippen LogP contribution in [0, 0.1) is 22.7 Å². The van der Waals surface area contributed by atoms with Gasteiger partial charge in [0.2, 0.25) is 0 Å². The van der Waals surface area contributed by atoms with Crippen LogP contribution in [-0.2, 0) is 0 Å². The van der Waals surface area contributed by atoms with Crippen molar-refractivity contribution in [3.8, 4) is 0 Å². The van der Waals surface area contributed by atoms with Gasteiger partial charge in [-0.05, 0) is 54.8 Å². The molecule has 0 heteroatoms. The molecule has 0 radical (unpaired) electrons. The van der Waals surface area contributed by atoms with Gasteiger partial charge in [-0.1, -0.05) is 13.8 Å². The second-order valence-corrected chi connectivity index (χ2v) is 5.85. The summed E-state index contributed by atoms with van der Waals surface area (Å²) in [5.74, 6) is 2.19. The second-order valence-electron chi connectivity index (χ2n) is 5.85. The molecule has 0 saturated heterocycles. The predicted octanol–water partition coefficient (Wildman–Crippen LogP) is 3.22. The van der Waals surface area contributed by atoms with Crippen LogP contribution in [-0.4, -0.2) is 0 Å².